The first-order chi connectivity index (χ1) is 20.9. The molecule has 2 aliphatic rings. The third-order valence-electron chi connectivity index (χ3n) is 8.47. The van der Waals surface area contributed by atoms with Crippen LogP contribution in [0.3, 0.4) is 0 Å². The van der Waals surface area contributed by atoms with Crippen LogP contribution in [0.5, 0.6) is 11.6 Å². The number of carboxylic acids is 1. The Morgan fingerprint density at radius 2 is 1.98 bits per heavy atom. The SMILES string of the molecule is CCOc1c(C(=O)O)cnn1-c1cccc(-c2cccc(C)c2OCc2ccc3c(c2C)CCN(CC2CCOC2)C3)n1. The van der Waals surface area contributed by atoms with Crippen LogP contribution in [0.1, 0.15) is 51.5 Å². The highest BCUT2D eigenvalue weighted by Gasteiger charge is 2.24. The van der Waals surface area contributed by atoms with Gasteiger partial charge in [-0.25, -0.2) is 9.78 Å². The zero-order valence-corrected chi connectivity index (χ0v) is 25.0. The Morgan fingerprint density at radius 1 is 1.12 bits per heavy atom. The summed E-state index contributed by atoms with van der Waals surface area (Å²) in [6.07, 6.45) is 3.50. The summed E-state index contributed by atoms with van der Waals surface area (Å²) in [5, 5.41) is 13.8. The lowest BCUT2D eigenvalue weighted by atomic mass is 9.91. The average molecular weight is 583 g/mol. The summed E-state index contributed by atoms with van der Waals surface area (Å²) in [7, 11) is 0. The number of nitrogens with zero attached hydrogens (tertiary/aromatic N) is 4. The number of hydrogen-bond donors (Lipinski definition) is 1. The van der Waals surface area contributed by atoms with Gasteiger partial charge in [0.05, 0.1) is 25.1 Å². The monoisotopic (exact) mass is 582 g/mol. The van der Waals surface area contributed by atoms with Crippen LogP contribution in [0, 0.1) is 19.8 Å². The first kappa shape index (κ1) is 28.9. The Kier molecular flexibility index (Phi) is 8.44. The van der Waals surface area contributed by atoms with E-state index in [0.717, 1.165) is 56.1 Å². The molecule has 1 fully saturated rings. The number of aryl methyl sites for hydroxylation is 1. The second kappa shape index (κ2) is 12.6. The summed E-state index contributed by atoms with van der Waals surface area (Å²) in [6, 6.07) is 16.1. The van der Waals surface area contributed by atoms with E-state index in [1.165, 1.54) is 39.6 Å². The molecule has 1 saturated heterocycles. The van der Waals surface area contributed by atoms with Crippen LogP contribution in [-0.2, 0) is 24.3 Å². The maximum Gasteiger partial charge on any atom is 0.342 e. The van der Waals surface area contributed by atoms with Gasteiger partial charge in [0.2, 0.25) is 5.88 Å². The molecule has 2 aromatic carbocycles. The summed E-state index contributed by atoms with van der Waals surface area (Å²) in [5.41, 5.74) is 7.91. The van der Waals surface area contributed by atoms with Crippen LogP contribution in [0.15, 0.2) is 54.7 Å². The van der Waals surface area contributed by atoms with Crippen molar-refractivity contribution in [2.45, 2.75) is 46.8 Å². The van der Waals surface area contributed by atoms with Gasteiger partial charge in [-0.1, -0.05) is 30.3 Å². The van der Waals surface area contributed by atoms with E-state index in [0.29, 0.717) is 30.6 Å². The minimum Gasteiger partial charge on any atom is -0.488 e. The van der Waals surface area contributed by atoms with Gasteiger partial charge in [0.1, 0.15) is 17.9 Å². The topological polar surface area (TPSA) is 98.9 Å². The molecule has 224 valence electrons. The molecule has 1 N–H and O–H groups in total. The third kappa shape index (κ3) is 6.00. The molecule has 2 aromatic heterocycles. The molecule has 43 heavy (non-hydrogen) atoms. The molecule has 4 aromatic rings. The highest BCUT2D eigenvalue weighted by Crippen LogP contribution is 2.34. The van der Waals surface area contributed by atoms with E-state index in [9.17, 15) is 9.90 Å². The molecular weight excluding hydrogens is 544 g/mol. The van der Waals surface area contributed by atoms with Gasteiger partial charge in [-0.2, -0.15) is 9.78 Å². The lowest BCUT2D eigenvalue weighted by Gasteiger charge is -2.32. The summed E-state index contributed by atoms with van der Waals surface area (Å²) in [6.45, 7) is 11.8. The van der Waals surface area contributed by atoms with E-state index in [4.69, 9.17) is 19.2 Å². The first-order valence-electron chi connectivity index (χ1n) is 15.0. The number of hydrogen-bond acceptors (Lipinski definition) is 7. The highest BCUT2D eigenvalue weighted by molar-refractivity contribution is 5.90. The summed E-state index contributed by atoms with van der Waals surface area (Å²) in [4.78, 5) is 19.1. The predicted molar refractivity (Wildman–Crippen MR) is 163 cm³/mol. The smallest absolute Gasteiger partial charge is 0.342 e. The van der Waals surface area contributed by atoms with Gasteiger partial charge < -0.3 is 19.3 Å². The molecule has 0 bridgehead atoms. The Morgan fingerprint density at radius 3 is 2.77 bits per heavy atom. The molecule has 0 amide bonds. The van der Waals surface area contributed by atoms with Crippen molar-refractivity contribution in [2.75, 3.05) is 32.9 Å². The Labute approximate surface area is 252 Å². The van der Waals surface area contributed by atoms with E-state index in [-0.39, 0.29) is 11.4 Å². The van der Waals surface area contributed by atoms with Gasteiger partial charge in [0.15, 0.2) is 5.82 Å². The van der Waals surface area contributed by atoms with Gasteiger partial charge in [0.25, 0.3) is 0 Å². The van der Waals surface area contributed by atoms with E-state index in [1.807, 2.05) is 37.3 Å². The highest BCUT2D eigenvalue weighted by atomic mass is 16.5. The van der Waals surface area contributed by atoms with E-state index < -0.39 is 5.97 Å². The molecule has 4 heterocycles. The number of aromatic nitrogens is 3. The minimum absolute atomic E-state index is 0.00910. The normalized spacial score (nSPS) is 16.7. The molecule has 0 aliphatic carbocycles. The Balaban J connectivity index is 1.23. The fourth-order valence-electron chi connectivity index (χ4n) is 6.16. The molecule has 0 radical (unpaired) electrons. The van der Waals surface area contributed by atoms with Gasteiger partial charge in [0, 0.05) is 31.8 Å². The Bertz CT molecular complexity index is 1630. The second-order valence-corrected chi connectivity index (χ2v) is 11.3. The van der Waals surface area contributed by atoms with Gasteiger partial charge >= 0.3 is 5.97 Å². The molecule has 9 nitrogen and oxygen atoms in total. The van der Waals surface area contributed by atoms with Crippen molar-refractivity contribution >= 4 is 5.97 Å². The lowest BCUT2D eigenvalue weighted by Crippen LogP contribution is -2.35. The number of ether oxygens (including phenoxy) is 3. The van der Waals surface area contributed by atoms with Gasteiger partial charge in [-0.05, 0) is 85.5 Å². The molecule has 1 atom stereocenters. The van der Waals surface area contributed by atoms with Crippen molar-refractivity contribution in [3.8, 4) is 28.7 Å². The molecular formula is C34H38N4O5. The van der Waals surface area contributed by atoms with Gasteiger partial charge in [-0.15, -0.1) is 0 Å². The van der Waals surface area contributed by atoms with Crippen LogP contribution in [-0.4, -0.2) is 63.7 Å². The average Bonchev–Trinajstić information content (AvgIpc) is 3.68. The largest absolute Gasteiger partial charge is 0.488 e. The summed E-state index contributed by atoms with van der Waals surface area (Å²) in [5.74, 6) is 0.933. The zero-order valence-electron chi connectivity index (χ0n) is 25.0. The maximum atomic E-state index is 11.7. The summed E-state index contributed by atoms with van der Waals surface area (Å²) >= 11 is 0. The molecule has 0 spiro atoms. The van der Waals surface area contributed by atoms with E-state index in [2.05, 4.69) is 29.1 Å². The second-order valence-electron chi connectivity index (χ2n) is 11.3. The number of para-hydroxylation sites is 1. The quantitative estimate of drug-likeness (QED) is 0.257. The molecule has 9 heteroatoms. The fraction of sp³-hybridized carbons (Fsp3) is 0.382. The maximum absolute atomic E-state index is 11.7. The Hall–Kier alpha value is -4.21. The van der Waals surface area contributed by atoms with E-state index in [1.54, 1.807) is 13.0 Å². The first-order valence-corrected chi connectivity index (χ1v) is 15.0. The van der Waals surface area contributed by atoms with Crippen LogP contribution in [0.25, 0.3) is 17.1 Å². The predicted octanol–water partition coefficient (Wildman–Crippen LogP) is 5.62. The third-order valence-corrected chi connectivity index (χ3v) is 8.47. The standard InChI is InChI=1S/C34H38N4O5/c1-4-42-33-29(34(39)40)17-35-38(33)31-10-6-9-30(36-31)28-8-5-7-22(2)32(28)43-21-26-12-11-25-19-37(15-13-27(25)23(26)3)18-24-14-16-41-20-24/h5-12,17,24H,4,13-16,18-21H2,1-3H3,(H,39,40). The van der Waals surface area contributed by atoms with E-state index >= 15 is 0 Å². The molecule has 6 rings (SSSR count). The van der Waals surface area contributed by atoms with Crippen LogP contribution in [0.4, 0.5) is 0 Å². The van der Waals surface area contributed by atoms with Crippen molar-refractivity contribution in [2.24, 2.45) is 5.92 Å². The van der Waals surface area contributed by atoms with Crippen molar-refractivity contribution in [3.63, 3.8) is 0 Å². The number of pyridine rings is 1. The van der Waals surface area contributed by atoms with Crippen molar-refractivity contribution < 1.29 is 24.1 Å². The number of carboxylic acid groups (broad SMARTS) is 1. The lowest BCUT2D eigenvalue weighted by molar-refractivity contribution is 0.0692. The number of carbonyl (C=O) groups is 1. The summed E-state index contributed by atoms with van der Waals surface area (Å²) < 4.78 is 19.2. The van der Waals surface area contributed by atoms with Crippen LogP contribution < -0.4 is 9.47 Å². The van der Waals surface area contributed by atoms with Crippen LogP contribution >= 0.6 is 0 Å². The minimum atomic E-state index is -1.10. The zero-order chi connectivity index (χ0) is 29.9. The number of aromatic carboxylic acids is 1. The van der Waals surface area contributed by atoms with Gasteiger partial charge in [-0.3, -0.25) is 4.90 Å². The number of benzene rings is 2. The number of rotatable bonds is 10. The van der Waals surface area contributed by atoms with Crippen molar-refractivity contribution in [1.29, 1.82) is 0 Å². The van der Waals surface area contributed by atoms with Crippen molar-refractivity contribution in [1.82, 2.24) is 19.7 Å². The van der Waals surface area contributed by atoms with Crippen molar-refractivity contribution in [3.05, 3.63) is 88.1 Å². The molecule has 2 aliphatic heterocycles. The molecule has 1 unspecified atom stereocenters. The number of fused-ring (bicyclic) bond motifs is 1. The van der Waals surface area contributed by atoms with Crippen LogP contribution in [0.2, 0.25) is 0 Å². The fourth-order valence-corrected chi connectivity index (χ4v) is 6.16. The molecule has 0 saturated carbocycles.